The number of hydrogen-bond donors (Lipinski definition) is 1. The van der Waals surface area contributed by atoms with Crippen molar-refractivity contribution in [1.82, 2.24) is 5.32 Å². The largest absolute Gasteiger partial charge is 0.497 e. The second-order valence-electron chi connectivity index (χ2n) is 12.6. The van der Waals surface area contributed by atoms with Crippen molar-refractivity contribution in [2.75, 3.05) is 59.1 Å². The zero-order valence-corrected chi connectivity index (χ0v) is 29.1. The molecule has 2 aliphatic rings. The van der Waals surface area contributed by atoms with Gasteiger partial charge < -0.3 is 33.9 Å². The van der Waals surface area contributed by atoms with Gasteiger partial charge in [-0.05, 0) is 87.1 Å². The molecule has 0 amide bonds. The molecule has 2 aliphatic heterocycles. The third-order valence-corrected chi connectivity index (χ3v) is 11.3. The van der Waals surface area contributed by atoms with Gasteiger partial charge in [-0.15, -0.1) is 0 Å². The first-order valence-electron chi connectivity index (χ1n) is 16.6. The third-order valence-electron chi connectivity index (χ3n) is 9.38. The minimum absolute atomic E-state index is 0.0350. The van der Waals surface area contributed by atoms with E-state index in [1.54, 1.807) is 33.5 Å². The van der Waals surface area contributed by atoms with Crippen LogP contribution in [-0.2, 0) is 24.0 Å². The van der Waals surface area contributed by atoms with E-state index in [9.17, 15) is 8.42 Å². The smallest absolute Gasteiger partial charge is 0.209 e. The van der Waals surface area contributed by atoms with E-state index in [0.29, 0.717) is 31.9 Å². The number of benzene rings is 3. The molecule has 5 atom stereocenters. The van der Waals surface area contributed by atoms with Crippen LogP contribution in [-0.4, -0.2) is 80.8 Å². The normalized spacial score (nSPS) is 21.0. The molecule has 0 aromatic heterocycles. The molecule has 0 radical (unpaired) electrons. The van der Waals surface area contributed by atoms with Crippen molar-refractivity contribution in [1.29, 1.82) is 0 Å². The van der Waals surface area contributed by atoms with Gasteiger partial charge >= 0.3 is 0 Å². The molecule has 10 heteroatoms. The fourth-order valence-corrected chi connectivity index (χ4v) is 8.05. The average molecular weight is 667 g/mol. The Bertz CT molecular complexity index is 1530. The van der Waals surface area contributed by atoms with E-state index in [0.717, 1.165) is 60.5 Å². The quantitative estimate of drug-likeness (QED) is 0.194. The Hall–Kier alpha value is -3.15. The predicted octanol–water partition coefficient (Wildman–Crippen LogP) is 6.06. The molecule has 0 spiro atoms. The van der Waals surface area contributed by atoms with E-state index in [1.807, 2.05) is 49.4 Å². The highest BCUT2D eigenvalue weighted by molar-refractivity contribution is 7.91. The summed E-state index contributed by atoms with van der Waals surface area (Å²) in [5, 5.41) is 3.67. The highest BCUT2D eigenvalue weighted by Crippen LogP contribution is 2.41. The summed E-state index contributed by atoms with van der Waals surface area (Å²) in [5.41, 5.74) is 2.31. The summed E-state index contributed by atoms with van der Waals surface area (Å²) in [5.74, 6) is 1.48. The molecule has 3 aromatic rings. The molecule has 0 aliphatic carbocycles. The number of fused-ring (bicyclic) bond motifs is 1. The van der Waals surface area contributed by atoms with E-state index in [2.05, 4.69) is 29.3 Å². The van der Waals surface area contributed by atoms with Gasteiger partial charge in [0, 0.05) is 45.9 Å². The van der Waals surface area contributed by atoms with Crippen molar-refractivity contribution in [3.63, 3.8) is 0 Å². The Labute approximate surface area is 280 Å². The van der Waals surface area contributed by atoms with Gasteiger partial charge in [-0.2, -0.15) is 0 Å². The lowest BCUT2D eigenvalue weighted by atomic mass is 9.82. The van der Waals surface area contributed by atoms with E-state index in [1.165, 1.54) is 0 Å². The first-order chi connectivity index (χ1) is 22.7. The van der Waals surface area contributed by atoms with Crippen molar-refractivity contribution in [2.45, 2.75) is 74.0 Å². The molecule has 1 saturated heterocycles. The number of hydrogen-bond acceptors (Lipinski definition) is 9. The van der Waals surface area contributed by atoms with E-state index >= 15 is 0 Å². The Morgan fingerprint density at radius 1 is 1.02 bits per heavy atom. The van der Waals surface area contributed by atoms with E-state index < -0.39 is 21.4 Å². The number of aryl methyl sites for hydroxylation is 1. The highest BCUT2D eigenvalue weighted by atomic mass is 32.2. The fraction of sp³-hybridized carbons (Fsp3) is 0.514. The molecule has 1 N–H and O–H groups in total. The van der Waals surface area contributed by atoms with Crippen LogP contribution in [0.4, 0.5) is 5.69 Å². The Morgan fingerprint density at radius 3 is 2.49 bits per heavy atom. The summed E-state index contributed by atoms with van der Waals surface area (Å²) in [6, 6.07) is 20.9. The fourth-order valence-electron chi connectivity index (χ4n) is 6.49. The molecule has 47 heavy (non-hydrogen) atoms. The van der Waals surface area contributed by atoms with Crippen molar-refractivity contribution >= 4 is 15.5 Å². The Morgan fingerprint density at radius 2 is 1.79 bits per heavy atom. The molecule has 1 fully saturated rings. The van der Waals surface area contributed by atoms with Gasteiger partial charge in [-0.3, -0.25) is 0 Å². The summed E-state index contributed by atoms with van der Waals surface area (Å²) in [4.78, 5) is 2.47. The van der Waals surface area contributed by atoms with Crippen LogP contribution in [0.3, 0.4) is 0 Å². The van der Waals surface area contributed by atoms with Gasteiger partial charge in [0.1, 0.15) is 18.1 Å². The van der Waals surface area contributed by atoms with Gasteiger partial charge in [0.15, 0.2) is 5.44 Å². The summed E-state index contributed by atoms with van der Waals surface area (Å²) in [6.45, 7) is 7.25. The van der Waals surface area contributed by atoms with Crippen LogP contribution in [0.15, 0.2) is 71.6 Å². The number of anilines is 1. The average Bonchev–Trinajstić information content (AvgIpc) is 3.10. The number of nitrogens with one attached hydrogen (secondary N) is 1. The first kappa shape index (κ1) is 35.2. The van der Waals surface area contributed by atoms with Crippen LogP contribution >= 0.6 is 0 Å². The zero-order chi connectivity index (χ0) is 33.4. The van der Waals surface area contributed by atoms with Crippen LogP contribution in [0.25, 0.3) is 0 Å². The molecular weight excluding hydrogens is 616 g/mol. The number of nitrogens with zero attached hydrogens (tertiary/aromatic N) is 1. The van der Waals surface area contributed by atoms with Crippen LogP contribution < -0.4 is 19.7 Å². The van der Waals surface area contributed by atoms with Crippen molar-refractivity contribution < 1.29 is 32.1 Å². The van der Waals surface area contributed by atoms with Gasteiger partial charge in [0.25, 0.3) is 0 Å². The SMILES string of the molecule is COCCCN1CCOc2ccc(C(O[C@H]3CN[C@@H](CCC(C)OC)C[C@@H]3c3ccc(OC)cc3)S(=O)(=O)c3ccc(C)cc3)cc21. The molecule has 2 heterocycles. The Kier molecular flexibility index (Phi) is 12.2. The summed E-state index contributed by atoms with van der Waals surface area (Å²) in [6.07, 6.45) is 3.28. The highest BCUT2D eigenvalue weighted by Gasteiger charge is 2.39. The number of piperidine rings is 1. The van der Waals surface area contributed by atoms with Crippen molar-refractivity contribution in [3.8, 4) is 11.5 Å². The minimum Gasteiger partial charge on any atom is -0.497 e. The maximum absolute atomic E-state index is 14.5. The van der Waals surface area contributed by atoms with Crippen molar-refractivity contribution in [3.05, 3.63) is 83.4 Å². The van der Waals surface area contributed by atoms with E-state index in [-0.39, 0.29) is 23.0 Å². The minimum atomic E-state index is -3.96. The maximum Gasteiger partial charge on any atom is 0.209 e. The second-order valence-corrected chi connectivity index (χ2v) is 14.6. The lowest BCUT2D eigenvalue weighted by Crippen LogP contribution is -2.48. The summed E-state index contributed by atoms with van der Waals surface area (Å²) < 4.78 is 58.2. The molecule has 2 unspecified atom stereocenters. The third kappa shape index (κ3) is 8.66. The summed E-state index contributed by atoms with van der Waals surface area (Å²) >= 11 is 0. The van der Waals surface area contributed by atoms with Crippen LogP contribution in [0.5, 0.6) is 11.5 Å². The van der Waals surface area contributed by atoms with Gasteiger partial charge in [0.2, 0.25) is 9.84 Å². The van der Waals surface area contributed by atoms with Crippen LogP contribution in [0.2, 0.25) is 0 Å². The topological polar surface area (TPSA) is 95.6 Å². The van der Waals surface area contributed by atoms with Gasteiger partial charge in [-0.1, -0.05) is 35.9 Å². The summed E-state index contributed by atoms with van der Waals surface area (Å²) in [7, 11) is 1.14. The van der Waals surface area contributed by atoms with Gasteiger partial charge in [0.05, 0.1) is 36.4 Å². The monoisotopic (exact) mass is 666 g/mol. The number of sulfone groups is 1. The maximum atomic E-state index is 14.5. The number of methoxy groups -OCH3 is 3. The lowest BCUT2D eigenvalue weighted by molar-refractivity contribution is -0.00784. The zero-order valence-electron chi connectivity index (χ0n) is 28.3. The van der Waals surface area contributed by atoms with Crippen LogP contribution in [0.1, 0.15) is 60.7 Å². The van der Waals surface area contributed by atoms with Crippen LogP contribution in [0, 0.1) is 6.92 Å². The molecule has 5 rings (SSSR count). The lowest BCUT2D eigenvalue weighted by Gasteiger charge is -2.39. The standard InChI is InChI=1S/C37H50N2O7S/c1-26-7-16-32(17-8-26)47(40,41)37(29-12-18-35-34(23-29)39(20-22-45-35)19-6-21-42-3)46-36-25-38-30(13-9-27(2)43-4)24-33(36)28-10-14-31(44-5)15-11-28/h7-8,10-12,14-18,23,27,30,33,36-38H,6,9,13,19-22,24-25H2,1-5H3/t27?,30-,33+,36-,37?/m0/s1. The van der Waals surface area contributed by atoms with Gasteiger partial charge in [-0.25, -0.2) is 8.42 Å². The molecule has 0 bridgehead atoms. The molecule has 256 valence electrons. The van der Waals surface area contributed by atoms with E-state index in [4.69, 9.17) is 23.7 Å². The molecular formula is C37H50N2O7S. The van der Waals surface area contributed by atoms with Crippen molar-refractivity contribution in [2.24, 2.45) is 0 Å². The number of ether oxygens (including phenoxy) is 5. The first-order valence-corrected chi connectivity index (χ1v) is 18.1. The molecule has 0 saturated carbocycles. The predicted molar refractivity (Wildman–Crippen MR) is 184 cm³/mol. The Balaban J connectivity index is 1.51. The molecule has 3 aromatic carbocycles. The molecule has 9 nitrogen and oxygen atoms in total. The second kappa shape index (κ2) is 16.3. The number of rotatable bonds is 15.